The third-order valence-corrected chi connectivity index (χ3v) is 1.49. The third-order valence-electron chi connectivity index (χ3n) is 1.49. The second-order valence-corrected chi connectivity index (χ2v) is 2.05. The first-order valence-corrected chi connectivity index (χ1v) is 3.68. The van der Waals surface area contributed by atoms with Crippen molar-refractivity contribution >= 4 is 12.4 Å². The summed E-state index contributed by atoms with van der Waals surface area (Å²) in [4.78, 5) is 2.38. The number of hydrogen-bond acceptors (Lipinski definition) is 1. The molecule has 0 aliphatic rings. The second-order valence-electron chi connectivity index (χ2n) is 2.05. The standard InChI is InChI=1S/C8H17N.ClH/c1-4-7-8-9(5-2)6-3;/h4,7H,5-6,8H2,1-3H3;1H/b7-4+;. The van der Waals surface area contributed by atoms with Crippen molar-refractivity contribution in [2.24, 2.45) is 0 Å². The third kappa shape index (κ3) is 6.12. The van der Waals surface area contributed by atoms with Gasteiger partial charge in [-0.05, 0) is 20.0 Å². The molecular formula is C8H18ClN. The minimum atomic E-state index is 0. The van der Waals surface area contributed by atoms with Gasteiger partial charge in [0.2, 0.25) is 0 Å². The molecule has 0 spiro atoms. The van der Waals surface area contributed by atoms with Gasteiger partial charge in [-0.15, -0.1) is 12.4 Å². The lowest BCUT2D eigenvalue weighted by molar-refractivity contribution is 0.337. The van der Waals surface area contributed by atoms with Crippen molar-refractivity contribution < 1.29 is 0 Å². The minimum Gasteiger partial charge on any atom is -0.300 e. The van der Waals surface area contributed by atoms with Gasteiger partial charge in [-0.2, -0.15) is 0 Å². The van der Waals surface area contributed by atoms with Crippen LogP contribution in [0.1, 0.15) is 20.8 Å². The predicted molar refractivity (Wildman–Crippen MR) is 49.9 cm³/mol. The van der Waals surface area contributed by atoms with Crippen LogP contribution >= 0.6 is 12.4 Å². The van der Waals surface area contributed by atoms with Gasteiger partial charge in [0.05, 0.1) is 0 Å². The smallest absolute Gasteiger partial charge is 0.0162 e. The first kappa shape index (κ1) is 12.6. The van der Waals surface area contributed by atoms with E-state index in [1.165, 1.54) is 0 Å². The number of allylic oxidation sites excluding steroid dienone is 1. The first-order valence-electron chi connectivity index (χ1n) is 3.68. The van der Waals surface area contributed by atoms with E-state index in [0.29, 0.717) is 0 Å². The molecule has 62 valence electrons. The Morgan fingerprint density at radius 3 is 2.00 bits per heavy atom. The highest BCUT2D eigenvalue weighted by molar-refractivity contribution is 5.85. The van der Waals surface area contributed by atoms with Crippen LogP contribution in [0.15, 0.2) is 12.2 Å². The molecule has 0 saturated carbocycles. The van der Waals surface area contributed by atoms with Crippen LogP contribution < -0.4 is 0 Å². The first-order chi connectivity index (χ1) is 4.35. The van der Waals surface area contributed by atoms with Crippen LogP contribution in [0, 0.1) is 0 Å². The van der Waals surface area contributed by atoms with Crippen molar-refractivity contribution in [3.05, 3.63) is 12.2 Å². The summed E-state index contributed by atoms with van der Waals surface area (Å²) in [5.41, 5.74) is 0. The van der Waals surface area contributed by atoms with Gasteiger partial charge < -0.3 is 4.90 Å². The topological polar surface area (TPSA) is 3.24 Å². The minimum absolute atomic E-state index is 0. The van der Waals surface area contributed by atoms with E-state index >= 15 is 0 Å². The molecule has 0 aliphatic carbocycles. The SMILES string of the molecule is C/C=C/CN(CC)CC.Cl. The average Bonchev–Trinajstić information content (AvgIpc) is 1.91. The molecule has 0 heterocycles. The van der Waals surface area contributed by atoms with Gasteiger partial charge in [0.1, 0.15) is 0 Å². The van der Waals surface area contributed by atoms with Gasteiger partial charge in [0.25, 0.3) is 0 Å². The van der Waals surface area contributed by atoms with Gasteiger partial charge in [-0.3, -0.25) is 0 Å². The summed E-state index contributed by atoms with van der Waals surface area (Å²) in [5.74, 6) is 0. The van der Waals surface area contributed by atoms with E-state index in [4.69, 9.17) is 0 Å². The highest BCUT2D eigenvalue weighted by Crippen LogP contribution is 1.85. The molecule has 0 fully saturated rings. The van der Waals surface area contributed by atoms with Gasteiger partial charge >= 0.3 is 0 Å². The molecule has 1 nitrogen and oxygen atoms in total. The monoisotopic (exact) mass is 163 g/mol. The number of nitrogens with zero attached hydrogens (tertiary/aromatic N) is 1. The lowest BCUT2D eigenvalue weighted by Gasteiger charge is -2.14. The van der Waals surface area contributed by atoms with E-state index in [1.54, 1.807) is 0 Å². The maximum Gasteiger partial charge on any atom is 0.0162 e. The molecule has 0 saturated heterocycles. The van der Waals surface area contributed by atoms with Crippen LogP contribution in [-0.4, -0.2) is 24.5 Å². The highest BCUT2D eigenvalue weighted by atomic mass is 35.5. The molecule has 0 aromatic heterocycles. The van der Waals surface area contributed by atoms with E-state index in [9.17, 15) is 0 Å². The Labute approximate surface area is 70.5 Å². The summed E-state index contributed by atoms with van der Waals surface area (Å²) in [6.45, 7) is 9.84. The van der Waals surface area contributed by atoms with Crippen molar-refractivity contribution in [1.29, 1.82) is 0 Å². The van der Waals surface area contributed by atoms with Crippen molar-refractivity contribution in [2.45, 2.75) is 20.8 Å². The summed E-state index contributed by atoms with van der Waals surface area (Å²) < 4.78 is 0. The highest BCUT2D eigenvalue weighted by Gasteiger charge is 1.91. The summed E-state index contributed by atoms with van der Waals surface area (Å²) in [5, 5.41) is 0. The molecule has 0 rings (SSSR count). The maximum atomic E-state index is 2.38. The molecule has 0 aromatic carbocycles. The van der Waals surface area contributed by atoms with E-state index < -0.39 is 0 Å². The average molecular weight is 164 g/mol. The van der Waals surface area contributed by atoms with Crippen LogP contribution in [0.5, 0.6) is 0 Å². The number of likely N-dealkylation sites (N-methyl/N-ethyl adjacent to an activating group) is 1. The number of halogens is 1. The molecule has 2 heteroatoms. The summed E-state index contributed by atoms with van der Waals surface area (Å²) in [6, 6.07) is 0. The Morgan fingerprint density at radius 1 is 1.20 bits per heavy atom. The number of hydrogen-bond donors (Lipinski definition) is 0. The lowest BCUT2D eigenvalue weighted by Crippen LogP contribution is -2.22. The van der Waals surface area contributed by atoms with Gasteiger partial charge in [0.15, 0.2) is 0 Å². The van der Waals surface area contributed by atoms with Crippen molar-refractivity contribution in [1.82, 2.24) is 4.90 Å². The molecular weight excluding hydrogens is 146 g/mol. The van der Waals surface area contributed by atoms with E-state index in [0.717, 1.165) is 19.6 Å². The summed E-state index contributed by atoms with van der Waals surface area (Å²) in [6.07, 6.45) is 4.28. The molecule has 0 N–H and O–H groups in total. The molecule has 0 atom stereocenters. The van der Waals surface area contributed by atoms with Crippen LogP contribution in [0.25, 0.3) is 0 Å². The Bertz CT molecular complexity index is 77.3. The van der Waals surface area contributed by atoms with E-state index in [-0.39, 0.29) is 12.4 Å². The van der Waals surface area contributed by atoms with Crippen LogP contribution in [-0.2, 0) is 0 Å². The zero-order valence-corrected chi connectivity index (χ0v) is 7.95. The van der Waals surface area contributed by atoms with Crippen LogP contribution in [0.4, 0.5) is 0 Å². The molecule has 0 aromatic rings. The Balaban J connectivity index is 0. The van der Waals surface area contributed by atoms with Gasteiger partial charge in [-0.1, -0.05) is 26.0 Å². The number of rotatable bonds is 4. The largest absolute Gasteiger partial charge is 0.300 e. The van der Waals surface area contributed by atoms with E-state index in [1.807, 2.05) is 0 Å². The van der Waals surface area contributed by atoms with E-state index in [2.05, 4.69) is 37.8 Å². The molecule has 0 amide bonds. The van der Waals surface area contributed by atoms with Crippen LogP contribution in [0.3, 0.4) is 0 Å². The second kappa shape index (κ2) is 8.99. The van der Waals surface area contributed by atoms with Crippen LogP contribution in [0.2, 0.25) is 0 Å². The van der Waals surface area contributed by atoms with Crippen molar-refractivity contribution in [3.63, 3.8) is 0 Å². The summed E-state index contributed by atoms with van der Waals surface area (Å²) in [7, 11) is 0. The Kier molecular flexibility index (Phi) is 11.4. The quantitative estimate of drug-likeness (QED) is 0.575. The maximum absolute atomic E-state index is 2.38. The fourth-order valence-electron chi connectivity index (χ4n) is 0.736. The molecule has 0 radical (unpaired) electrons. The van der Waals surface area contributed by atoms with Crippen molar-refractivity contribution in [2.75, 3.05) is 19.6 Å². The molecule has 0 bridgehead atoms. The Hall–Kier alpha value is -0.0100. The van der Waals surface area contributed by atoms with Crippen molar-refractivity contribution in [3.8, 4) is 0 Å². The zero-order valence-electron chi connectivity index (χ0n) is 7.13. The molecule has 0 aliphatic heterocycles. The van der Waals surface area contributed by atoms with Gasteiger partial charge in [-0.25, -0.2) is 0 Å². The summed E-state index contributed by atoms with van der Waals surface area (Å²) >= 11 is 0. The van der Waals surface area contributed by atoms with Gasteiger partial charge in [0, 0.05) is 6.54 Å². The zero-order chi connectivity index (χ0) is 7.11. The predicted octanol–water partition coefficient (Wildman–Crippen LogP) is 2.33. The lowest BCUT2D eigenvalue weighted by atomic mass is 10.4. The molecule has 10 heavy (non-hydrogen) atoms. The normalized spacial score (nSPS) is 10.4. The fraction of sp³-hybridized carbons (Fsp3) is 0.750. The molecule has 0 unspecified atom stereocenters. The fourth-order valence-corrected chi connectivity index (χ4v) is 0.736. The Morgan fingerprint density at radius 2 is 1.70 bits per heavy atom.